The molecule has 2 aliphatic rings. The van der Waals surface area contributed by atoms with Crippen LogP contribution in [0.5, 0.6) is 0 Å². The highest BCUT2D eigenvalue weighted by Crippen LogP contribution is 2.32. The van der Waals surface area contributed by atoms with Gasteiger partial charge in [-0.3, -0.25) is 5.32 Å². The number of nitrogens with zero attached hydrogens (tertiary/aromatic N) is 3. The lowest BCUT2D eigenvalue weighted by Crippen LogP contribution is -2.56. The summed E-state index contributed by atoms with van der Waals surface area (Å²) in [7, 11) is 0. The van der Waals surface area contributed by atoms with E-state index in [4.69, 9.17) is 9.47 Å². The number of urea groups is 1. The summed E-state index contributed by atoms with van der Waals surface area (Å²) in [6.45, 7) is 6.02. The van der Waals surface area contributed by atoms with Gasteiger partial charge in [-0.25, -0.2) is 4.79 Å². The first-order valence-electron chi connectivity index (χ1n) is 7.28. The number of rotatable bonds is 4. The fourth-order valence-electron chi connectivity index (χ4n) is 2.43. The number of ether oxygens (including phenoxy) is 2. The first-order valence-corrected chi connectivity index (χ1v) is 8.10. The van der Waals surface area contributed by atoms with Crippen molar-refractivity contribution in [2.45, 2.75) is 45.0 Å². The lowest BCUT2D eigenvalue weighted by molar-refractivity contribution is -0.0624. The van der Waals surface area contributed by atoms with Crippen LogP contribution in [0.2, 0.25) is 0 Å². The molecule has 3 heterocycles. The van der Waals surface area contributed by atoms with E-state index < -0.39 is 0 Å². The number of carbonyl (C=O) groups excluding carboxylic acids is 1. The molecule has 0 saturated carbocycles. The quantitative estimate of drug-likeness (QED) is 0.920. The molecule has 0 aromatic carbocycles. The Morgan fingerprint density at radius 3 is 2.95 bits per heavy atom. The highest BCUT2D eigenvalue weighted by molar-refractivity contribution is 7.15. The molecule has 1 aromatic heterocycles. The number of aromatic nitrogens is 2. The van der Waals surface area contributed by atoms with Gasteiger partial charge in [0.1, 0.15) is 11.1 Å². The number of amides is 2. The van der Waals surface area contributed by atoms with Crippen LogP contribution in [0.25, 0.3) is 0 Å². The van der Waals surface area contributed by atoms with Gasteiger partial charge < -0.3 is 14.4 Å². The number of hydrogen-bond acceptors (Lipinski definition) is 6. The molecular formula is C13H20N4O3S. The van der Waals surface area contributed by atoms with Crippen molar-refractivity contribution in [1.82, 2.24) is 15.1 Å². The van der Waals surface area contributed by atoms with E-state index in [1.165, 1.54) is 11.3 Å². The summed E-state index contributed by atoms with van der Waals surface area (Å²) >= 11 is 1.38. The molecule has 2 saturated heterocycles. The minimum Gasteiger partial charge on any atom is -0.372 e. The Morgan fingerprint density at radius 2 is 2.29 bits per heavy atom. The van der Waals surface area contributed by atoms with E-state index in [1.807, 2.05) is 13.8 Å². The van der Waals surface area contributed by atoms with Crippen molar-refractivity contribution < 1.29 is 14.3 Å². The monoisotopic (exact) mass is 312 g/mol. The number of nitrogens with one attached hydrogen (secondary N) is 1. The second kappa shape index (κ2) is 6.25. The van der Waals surface area contributed by atoms with Gasteiger partial charge in [-0.05, 0) is 26.7 Å². The molecule has 21 heavy (non-hydrogen) atoms. The smallest absolute Gasteiger partial charge is 0.323 e. The maximum absolute atomic E-state index is 12.0. The number of anilines is 1. The van der Waals surface area contributed by atoms with Crippen LogP contribution >= 0.6 is 11.3 Å². The summed E-state index contributed by atoms with van der Waals surface area (Å²) in [5.41, 5.74) is 0. The van der Waals surface area contributed by atoms with Gasteiger partial charge >= 0.3 is 6.03 Å². The van der Waals surface area contributed by atoms with E-state index in [0.717, 1.165) is 24.5 Å². The van der Waals surface area contributed by atoms with Crippen molar-refractivity contribution in [2.24, 2.45) is 0 Å². The molecule has 8 heteroatoms. The van der Waals surface area contributed by atoms with Gasteiger partial charge in [-0.1, -0.05) is 11.3 Å². The van der Waals surface area contributed by atoms with Crippen molar-refractivity contribution in [3.05, 3.63) is 5.01 Å². The van der Waals surface area contributed by atoms with Gasteiger partial charge in [-0.15, -0.1) is 10.2 Å². The Balaban J connectivity index is 1.47. The summed E-state index contributed by atoms with van der Waals surface area (Å²) in [5, 5.41) is 12.3. The molecule has 1 unspecified atom stereocenters. The summed E-state index contributed by atoms with van der Waals surface area (Å²) in [5.74, 6) is 0. The largest absolute Gasteiger partial charge is 0.372 e. The SMILES string of the molecule is CC(C)OC1CN(C(=O)Nc2nnc(C3CCCO3)s2)C1. The maximum atomic E-state index is 12.0. The van der Waals surface area contributed by atoms with Crippen LogP contribution in [-0.4, -0.2) is 53.0 Å². The Bertz CT molecular complexity index is 495. The van der Waals surface area contributed by atoms with E-state index in [0.29, 0.717) is 18.2 Å². The average molecular weight is 312 g/mol. The maximum Gasteiger partial charge on any atom is 0.323 e. The van der Waals surface area contributed by atoms with E-state index in [2.05, 4.69) is 15.5 Å². The predicted octanol–water partition coefficient (Wildman–Crippen LogP) is 2.03. The normalized spacial score (nSPS) is 22.6. The van der Waals surface area contributed by atoms with Crippen molar-refractivity contribution in [3.63, 3.8) is 0 Å². The molecular weight excluding hydrogens is 292 g/mol. The minimum atomic E-state index is -0.145. The van der Waals surface area contributed by atoms with E-state index >= 15 is 0 Å². The molecule has 0 bridgehead atoms. The summed E-state index contributed by atoms with van der Waals surface area (Å²) in [4.78, 5) is 13.7. The molecule has 0 radical (unpaired) electrons. The third-order valence-electron chi connectivity index (χ3n) is 3.46. The zero-order valence-electron chi connectivity index (χ0n) is 12.2. The standard InChI is InChI=1S/C13H20N4O3S/c1-8(2)20-9-6-17(7-9)13(18)14-12-16-15-11(21-12)10-4-3-5-19-10/h8-10H,3-7H2,1-2H3,(H,14,16,18). The molecule has 2 fully saturated rings. The Kier molecular flexibility index (Phi) is 4.37. The van der Waals surface area contributed by atoms with E-state index in [1.54, 1.807) is 4.90 Å². The topological polar surface area (TPSA) is 76.6 Å². The van der Waals surface area contributed by atoms with Crippen LogP contribution < -0.4 is 5.32 Å². The second-order valence-electron chi connectivity index (χ2n) is 5.59. The first kappa shape index (κ1) is 14.7. The predicted molar refractivity (Wildman–Crippen MR) is 78.4 cm³/mol. The number of hydrogen-bond donors (Lipinski definition) is 1. The minimum absolute atomic E-state index is 0.0426. The van der Waals surface area contributed by atoms with Gasteiger partial charge in [0.2, 0.25) is 5.13 Å². The Hall–Kier alpha value is -1.25. The van der Waals surface area contributed by atoms with Gasteiger partial charge in [0.25, 0.3) is 0 Å². The van der Waals surface area contributed by atoms with Gasteiger partial charge in [0.05, 0.1) is 25.3 Å². The number of likely N-dealkylation sites (tertiary alicyclic amines) is 1. The van der Waals surface area contributed by atoms with E-state index in [-0.39, 0.29) is 24.3 Å². The molecule has 0 aliphatic carbocycles. The zero-order valence-corrected chi connectivity index (χ0v) is 13.1. The van der Waals surface area contributed by atoms with Crippen LogP contribution in [0.1, 0.15) is 37.8 Å². The van der Waals surface area contributed by atoms with Crippen molar-refractivity contribution in [1.29, 1.82) is 0 Å². The van der Waals surface area contributed by atoms with Gasteiger partial charge in [-0.2, -0.15) is 0 Å². The van der Waals surface area contributed by atoms with Crippen LogP contribution in [0, 0.1) is 0 Å². The van der Waals surface area contributed by atoms with Crippen molar-refractivity contribution >= 4 is 22.5 Å². The summed E-state index contributed by atoms with van der Waals surface area (Å²) in [6.07, 6.45) is 2.41. The van der Waals surface area contributed by atoms with Crippen molar-refractivity contribution in [3.8, 4) is 0 Å². The molecule has 1 aromatic rings. The van der Waals surface area contributed by atoms with Crippen molar-refractivity contribution in [2.75, 3.05) is 25.0 Å². The molecule has 7 nitrogen and oxygen atoms in total. The lowest BCUT2D eigenvalue weighted by Gasteiger charge is -2.39. The Labute approximate surface area is 127 Å². The fraction of sp³-hybridized carbons (Fsp3) is 0.769. The molecule has 0 spiro atoms. The molecule has 1 N–H and O–H groups in total. The molecule has 2 amide bonds. The summed E-state index contributed by atoms with van der Waals surface area (Å²) < 4.78 is 11.2. The van der Waals surface area contributed by atoms with Crippen LogP contribution in [0.3, 0.4) is 0 Å². The third-order valence-corrected chi connectivity index (χ3v) is 4.39. The fourth-order valence-corrected chi connectivity index (χ4v) is 3.25. The molecule has 116 valence electrons. The van der Waals surface area contributed by atoms with Gasteiger partial charge in [0.15, 0.2) is 0 Å². The average Bonchev–Trinajstić information content (AvgIpc) is 3.02. The molecule has 3 rings (SSSR count). The van der Waals surface area contributed by atoms with E-state index in [9.17, 15) is 4.79 Å². The molecule has 1 atom stereocenters. The molecule has 2 aliphatic heterocycles. The van der Waals surface area contributed by atoms with Gasteiger partial charge in [0, 0.05) is 6.61 Å². The van der Waals surface area contributed by atoms with Crippen LogP contribution in [-0.2, 0) is 9.47 Å². The first-order chi connectivity index (χ1) is 10.1. The highest BCUT2D eigenvalue weighted by Gasteiger charge is 2.32. The number of carbonyl (C=O) groups is 1. The highest BCUT2D eigenvalue weighted by atomic mass is 32.1. The van der Waals surface area contributed by atoms with Crippen LogP contribution in [0.4, 0.5) is 9.93 Å². The van der Waals surface area contributed by atoms with Crippen LogP contribution in [0.15, 0.2) is 0 Å². The zero-order chi connectivity index (χ0) is 14.8. The Morgan fingerprint density at radius 1 is 1.48 bits per heavy atom. The lowest BCUT2D eigenvalue weighted by atomic mass is 10.2. The second-order valence-corrected chi connectivity index (χ2v) is 6.60. The summed E-state index contributed by atoms with van der Waals surface area (Å²) in [6, 6.07) is -0.145. The third kappa shape index (κ3) is 3.50.